The minimum Gasteiger partial charge on any atom is -0.497 e. The fraction of sp³-hybridized carbons (Fsp3) is 0.208. The van der Waals surface area contributed by atoms with Crippen molar-refractivity contribution in [3.8, 4) is 22.8 Å². The van der Waals surface area contributed by atoms with E-state index in [-0.39, 0.29) is 6.10 Å². The lowest BCUT2D eigenvalue weighted by molar-refractivity contribution is 0.242. The Hall–Kier alpha value is -3.47. The lowest BCUT2D eigenvalue weighted by Crippen LogP contribution is -2.05. The highest BCUT2D eigenvalue weighted by Gasteiger charge is 2.13. The SMILES string of the molecule is COc1cccc(-c2cc3c(Nc4cccc(OC(C)C)c4)nccc3n2C)c1. The molecule has 4 aromatic rings. The third kappa shape index (κ3) is 3.90. The summed E-state index contributed by atoms with van der Waals surface area (Å²) in [5, 5.41) is 4.50. The molecule has 0 aliphatic carbocycles. The van der Waals surface area contributed by atoms with E-state index < -0.39 is 0 Å². The van der Waals surface area contributed by atoms with Gasteiger partial charge in [0.1, 0.15) is 17.3 Å². The van der Waals surface area contributed by atoms with Crippen molar-refractivity contribution in [1.29, 1.82) is 0 Å². The lowest BCUT2D eigenvalue weighted by Gasteiger charge is -2.12. The van der Waals surface area contributed by atoms with Crippen molar-refractivity contribution in [2.45, 2.75) is 20.0 Å². The Morgan fingerprint density at radius 3 is 2.55 bits per heavy atom. The molecule has 0 aliphatic heterocycles. The molecule has 0 saturated carbocycles. The number of benzene rings is 2. The third-order valence-electron chi connectivity index (χ3n) is 4.80. The molecule has 0 radical (unpaired) electrons. The van der Waals surface area contributed by atoms with Gasteiger partial charge in [0.15, 0.2) is 0 Å². The topological polar surface area (TPSA) is 48.3 Å². The highest BCUT2D eigenvalue weighted by molar-refractivity contribution is 5.96. The quantitative estimate of drug-likeness (QED) is 0.456. The first kappa shape index (κ1) is 18.9. The van der Waals surface area contributed by atoms with Gasteiger partial charge in [0.2, 0.25) is 0 Å². The number of ether oxygens (including phenoxy) is 2. The summed E-state index contributed by atoms with van der Waals surface area (Å²) in [7, 11) is 3.75. The van der Waals surface area contributed by atoms with Crippen LogP contribution in [0.15, 0.2) is 66.9 Å². The minimum atomic E-state index is 0.131. The molecule has 0 amide bonds. The molecule has 0 spiro atoms. The minimum absolute atomic E-state index is 0.131. The number of aryl methyl sites for hydroxylation is 1. The molecule has 0 bridgehead atoms. The zero-order valence-corrected chi connectivity index (χ0v) is 17.1. The highest BCUT2D eigenvalue weighted by Crippen LogP contribution is 2.33. The molecule has 2 aromatic carbocycles. The highest BCUT2D eigenvalue weighted by atomic mass is 16.5. The summed E-state index contributed by atoms with van der Waals surface area (Å²) in [6.45, 7) is 4.04. The number of fused-ring (bicyclic) bond motifs is 1. The third-order valence-corrected chi connectivity index (χ3v) is 4.80. The summed E-state index contributed by atoms with van der Waals surface area (Å²) in [5.41, 5.74) is 4.25. The van der Waals surface area contributed by atoms with Crippen LogP contribution in [0.2, 0.25) is 0 Å². The Balaban J connectivity index is 1.73. The Labute approximate surface area is 170 Å². The standard InChI is InChI=1S/C24H25N3O2/c1-16(2)29-20-10-6-8-18(14-20)26-24-21-15-23(27(3)22(21)11-12-25-24)17-7-5-9-19(13-17)28-4/h5-16H,1-4H3,(H,25,26). The van der Waals surface area contributed by atoms with E-state index in [4.69, 9.17) is 9.47 Å². The maximum atomic E-state index is 5.81. The van der Waals surface area contributed by atoms with E-state index in [0.29, 0.717) is 0 Å². The molecule has 4 rings (SSSR count). The maximum Gasteiger partial charge on any atom is 0.139 e. The Kier molecular flexibility index (Phi) is 5.12. The summed E-state index contributed by atoms with van der Waals surface area (Å²) in [5.74, 6) is 2.49. The molecule has 5 nitrogen and oxygen atoms in total. The van der Waals surface area contributed by atoms with E-state index in [2.05, 4.69) is 34.0 Å². The molecular weight excluding hydrogens is 362 g/mol. The summed E-state index contributed by atoms with van der Waals surface area (Å²) >= 11 is 0. The predicted molar refractivity (Wildman–Crippen MR) is 118 cm³/mol. The first-order chi connectivity index (χ1) is 14.0. The molecule has 0 unspecified atom stereocenters. The molecule has 0 fully saturated rings. The Morgan fingerprint density at radius 1 is 0.966 bits per heavy atom. The zero-order valence-electron chi connectivity index (χ0n) is 17.1. The molecule has 5 heteroatoms. The molecule has 0 saturated heterocycles. The number of anilines is 2. The number of hydrogen-bond acceptors (Lipinski definition) is 4. The molecule has 29 heavy (non-hydrogen) atoms. The molecule has 1 N–H and O–H groups in total. The van der Waals surface area contributed by atoms with Crippen LogP contribution in [-0.2, 0) is 7.05 Å². The van der Waals surface area contributed by atoms with E-state index in [9.17, 15) is 0 Å². The van der Waals surface area contributed by atoms with Gasteiger partial charge in [-0.25, -0.2) is 4.98 Å². The van der Waals surface area contributed by atoms with E-state index in [1.54, 1.807) is 7.11 Å². The number of aromatic nitrogens is 2. The van der Waals surface area contributed by atoms with Crippen molar-refractivity contribution in [2.75, 3.05) is 12.4 Å². The van der Waals surface area contributed by atoms with E-state index >= 15 is 0 Å². The number of hydrogen-bond donors (Lipinski definition) is 1. The zero-order chi connectivity index (χ0) is 20.4. The smallest absolute Gasteiger partial charge is 0.139 e. The lowest BCUT2D eigenvalue weighted by atomic mass is 10.1. The van der Waals surface area contributed by atoms with Crippen LogP contribution in [0.4, 0.5) is 11.5 Å². The normalized spacial score (nSPS) is 11.1. The first-order valence-corrected chi connectivity index (χ1v) is 9.68. The second-order valence-electron chi connectivity index (χ2n) is 7.23. The Morgan fingerprint density at radius 2 is 1.76 bits per heavy atom. The van der Waals surface area contributed by atoms with Crippen molar-refractivity contribution in [3.63, 3.8) is 0 Å². The van der Waals surface area contributed by atoms with Gasteiger partial charge in [0.25, 0.3) is 0 Å². The van der Waals surface area contributed by atoms with Gasteiger partial charge in [0, 0.05) is 41.6 Å². The largest absolute Gasteiger partial charge is 0.497 e. The first-order valence-electron chi connectivity index (χ1n) is 9.68. The molecule has 0 atom stereocenters. The molecule has 0 aliphatic rings. The van der Waals surface area contributed by atoms with E-state index in [1.165, 1.54) is 0 Å². The maximum absolute atomic E-state index is 5.81. The number of pyridine rings is 1. The monoisotopic (exact) mass is 387 g/mol. The molecule has 2 heterocycles. The molecule has 2 aromatic heterocycles. The summed E-state index contributed by atoms with van der Waals surface area (Å²) in [6.07, 6.45) is 1.96. The summed E-state index contributed by atoms with van der Waals surface area (Å²) < 4.78 is 13.4. The molecular formula is C24H25N3O2. The second kappa shape index (κ2) is 7.87. The second-order valence-corrected chi connectivity index (χ2v) is 7.23. The van der Waals surface area contributed by atoms with Crippen LogP contribution in [0.3, 0.4) is 0 Å². The van der Waals surface area contributed by atoms with E-state index in [1.807, 2.05) is 68.6 Å². The van der Waals surface area contributed by atoms with Crippen molar-refractivity contribution >= 4 is 22.4 Å². The molecule has 148 valence electrons. The average molecular weight is 387 g/mol. The van der Waals surface area contributed by atoms with Gasteiger partial charge >= 0.3 is 0 Å². The van der Waals surface area contributed by atoms with E-state index in [0.717, 1.165) is 45.2 Å². The number of nitrogens with zero attached hydrogens (tertiary/aromatic N) is 2. The number of methoxy groups -OCH3 is 1. The van der Waals surface area contributed by atoms with Crippen molar-refractivity contribution < 1.29 is 9.47 Å². The van der Waals surface area contributed by atoms with Gasteiger partial charge in [-0.2, -0.15) is 0 Å². The number of nitrogens with one attached hydrogen (secondary N) is 1. The average Bonchev–Trinajstić information content (AvgIpc) is 3.06. The van der Waals surface area contributed by atoms with Crippen molar-refractivity contribution in [3.05, 3.63) is 66.9 Å². The summed E-state index contributed by atoms with van der Waals surface area (Å²) in [6, 6.07) is 20.2. The van der Waals surface area contributed by atoms with Gasteiger partial charge in [-0.05, 0) is 50.2 Å². The van der Waals surface area contributed by atoms with Crippen LogP contribution < -0.4 is 14.8 Å². The summed E-state index contributed by atoms with van der Waals surface area (Å²) in [4.78, 5) is 4.58. The number of rotatable bonds is 6. The van der Waals surface area contributed by atoms with Crippen LogP contribution in [0.5, 0.6) is 11.5 Å². The van der Waals surface area contributed by atoms with Gasteiger partial charge in [-0.3, -0.25) is 0 Å². The van der Waals surface area contributed by atoms with Crippen molar-refractivity contribution in [2.24, 2.45) is 7.05 Å². The fourth-order valence-electron chi connectivity index (χ4n) is 3.48. The van der Waals surface area contributed by atoms with Gasteiger partial charge in [-0.1, -0.05) is 18.2 Å². The van der Waals surface area contributed by atoms with Gasteiger partial charge in [0.05, 0.1) is 18.7 Å². The van der Waals surface area contributed by atoms with Gasteiger partial charge < -0.3 is 19.4 Å². The van der Waals surface area contributed by atoms with Gasteiger partial charge in [-0.15, -0.1) is 0 Å². The Bertz CT molecular complexity index is 1150. The predicted octanol–water partition coefficient (Wildman–Crippen LogP) is 5.78. The van der Waals surface area contributed by atoms with Crippen LogP contribution in [0.25, 0.3) is 22.2 Å². The van der Waals surface area contributed by atoms with Crippen LogP contribution in [0.1, 0.15) is 13.8 Å². The van der Waals surface area contributed by atoms with Crippen LogP contribution in [0, 0.1) is 0 Å². The fourth-order valence-corrected chi connectivity index (χ4v) is 3.48. The van der Waals surface area contributed by atoms with Crippen LogP contribution >= 0.6 is 0 Å². The van der Waals surface area contributed by atoms with Crippen LogP contribution in [-0.4, -0.2) is 22.8 Å². The van der Waals surface area contributed by atoms with Crippen molar-refractivity contribution in [1.82, 2.24) is 9.55 Å².